The van der Waals surface area contributed by atoms with E-state index in [0.717, 1.165) is 13.1 Å². The monoisotopic (exact) mass is 186 g/mol. The van der Waals surface area contributed by atoms with Crippen LogP contribution in [0.25, 0.3) is 0 Å². The molecular formula is C9H18N2O2. The van der Waals surface area contributed by atoms with Gasteiger partial charge in [0.05, 0.1) is 6.42 Å². The lowest BCUT2D eigenvalue weighted by Crippen LogP contribution is -2.60. The second-order valence-electron chi connectivity index (χ2n) is 4.37. The molecule has 2 N–H and O–H groups in total. The van der Waals surface area contributed by atoms with Crippen LogP contribution in [0.5, 0.6) is 0 Å². The Morgan fingerprint density at radius 1 is 1.69 bits per heavy atom. The van der Waals surface area contributed by atoms with Crippen LogP contribution in [0.1, 0.15) is 20.3 Å². The van der Waals surface area contributed by atoms with Gasteiger partial charge >= 0.3 is 5.97 Å². The Bertz CT molecular complexity index is 204. The fourth-order valence-electron chi connectivity index (χ4n) is 1.52. The summed E-state index contributed by atoms with van der Waals surface area (Å²) in [5.74, 6) is -0.731. The predicted octanol–water partition coefficient (Wildman–Crippen LogP) is 0.143. The molecule has 0 aromatic rings. The van der Waals surface area contributed by atoms with Gasteiger partial charge in [0, 0.05) is 24.7 Å². The number of nitrogens with zero attached hydrogens (tertiary/aromatic N) is 1. The van der Waals surface area contributed by atoms with Gasteiger partial charge in [0.25, 0.3) is 0 Å². The zero-order valence-electron chi connectivity index (χ0n) is 8.50. The molecular weight excluding hydrogens is 168 g/mol. The Balaban J connectivity index is 2.46. The smallest absolute Gasteiger partial charge is 0.304 e. The summed E-state index contributed by atoms with van der Waals surface area (Å²) >= 11 is 0. The maximum Gasteiger partial charge on any atom is 0.304 e. The molecule has 1 atom stereocenters. The molecule has 76 valence electrons. The number of likely N-dealkylation sites (N-methyl/N-ethyl adjacent to an activating group) is 1. The Morgan fingerprint density at radius 2 is 2.31 bits per heavy atom. The number of carboxylic acid groups (broad SMARTS) is 1. The summed E-state index contributed by atoms with van der Waals surface area (Å²) in [7, 11) is 2.04. The quantitative estimate of drug-likeness (QED) is 0.644. The molecule has 1 aliphatic rings. The predicted molar refractivity (Wildman–Crippen MR) is 50.8 cm³/mol. The molecule has 4 nitrogen and oxygen atoms in total. The first-order valence-corrected chi connectivity index (χ1v) is 4.58. The average molecular weight is 186 g/mol. The zero-order chi connectivity index (χ0) is 10.1. The van der Waals surface area contributed by atoms with Crippen LogP contribution in [-0.4, -0.2) is 47.7 Å². The van der Waals surface area contributed by atoms with E-state index >= 15 is 0 Å². The van der Waals surface area contributed by atoms with E-state index in [2.05, 4.69) is 24.1 Å². The van der Waals surface area contributed by atoms with E-state index in [1.807, 2.05) is 7.05 Å². The van der Waals surface area contributed by atoms with Crippen molar-refractivity contribution in [1.29, 1.82) is 0 Å². The summed E-state index contributed by atoms with van der Waals surface area (Å²) < 4.78 is 0. The van der Waals surface area contributed by atoms with Crippen LogP contribution in [0.4, 0.5) is 0 Å². The maximum absolute atomic E-state index is 10.5. The van der Waals surface area contributed by atoms with Gasteiger partial charge < -0.3 is 10.4 Å². The van der Waals surface area contributed by atoms with E-state index < -0.39 is 5.97 Å². The van der Waals surface area contributed by atoms with Gasteiger partial charge in [-0.15, -0.1) is 0 Å². The molecule has 13 heavy (non-hydrogen) atoms. The van der Waals surface area contributed by atoms with Gasteiger partial charge in [-0.05, 0) is 20.9 Å². The lowest BCUT2D eigenvalue weighted by Gasteiger charge is -2.43. The molecule has 1 unspecified atom stereocenters. The number of hydrogen-bond donors (Lipinski definition) is 2. The molecule has 0 spiro atoms. The van der Waals surface area contributed by atoms with Gasteiger partial charge in [0.15, 0.2) is 0 Å². The van der Waals surface area contributed by atoms with Crippen LogP contribution in [0, 0.1) is 0 Å². The molecule has 4 heteroatoms. The van der Waals surface area contributed by atoms with Crippen molar-refractivity contribution < 1.29 is 9.90 Å². The highest BCUT2D eigenvalue weighted by Crippen LogP contribution is 2.16. The molecule has 1 fully saturated rings. The van der Waals surface area contributed by atoms with Crippen molar-refractivity contribution in [3.63, 3.8) is 0 Å². The van der Waals surface area contributed by atoms with E-state index in [9.17, 15) is 4.79 Å². The minimum absolute atomic E-state index is 0.0931. The number of nitrogens with one attached hydrogen (secondary N) is 1. The summed E-state index contributed by atoms with van der Waals surface area (Å²) in [6.07, 6.45) is 0.209. The standard InChI is InChI=1S/C9H18N2O2/c1-9(2)6-10-7(4-8(12)13)5-11(9)3/h7,10H,4-6H2,1-3H3,(H,12,13). The summed E-state index contributed by atoms with van der Waals surface area (Å²) in [6, 6.07) is 0.0931. The van der Waals surface area contributed by atoms with Gasteiger partial charge in [-0.1, -0.05) is 0 Å². The Labute approximate surface area is 78.9 Å². The number of rotatable bonds is 2. The first kappa shape index (κ1) is 10.5. The molecule has 0 saturated carbocycles. The molecule has 1 rings (SSSR count). The third-order valence-corrected chi connectivity index (χ3v) is 2.77. The fourth-order valence-corrected chi connectivity index (χ4v) is 1.52. The van der Waals surface area contributed by atoms with E-state index in [1.54, 1.807) is 0 Å². The van der Waals surface area contributed by atoms with E-state index in [4.69, 9.17) is 5.11 Å². The van der Waals surface area contributed by atoms with Gasteiger partial charge in [-0.25, -0.2) is 0 Å². The zero-order valence-corrected chi connectivity index (χ0v) is 8.50. The Hall–Kier alpha value is -0.610. The van der Waals surface area contributed by atoms with E-state index in [0.29, 0.717) is 0 Å². The molecule has 0 aromatic carbocycles. The van der Waals surface area contributed by atoms with Crippen molar-refractivity contribution in [3.05, 3.63) is 0 Å². The molecule has 1 aliphatic heterocycles. The summed E-state index contributed by atoms with van der Waals surface area (Å²) in [4.78, 5) is 12.7. The summed E-state index contributed by atoms with van der Waals surface area (Å²) in [5, 5.41) is 11.9. The van der Waals surface area contributed by atoms with Gasteiger partial charge in [0.1, 0.15) is 0 Å². The highest BCUT2D eigenvalue weighted by molar-refractivity contribution is 5.67. The number of carbonyl (C=O) groups is 1. The fraction of sp³-hybridized carbons (Fsp3) is 0.889. The SMILES string of the molecule is CN1CC(CC(=O)O)NCC1(C)C. The lowest BCUT2D eigenvalue weighted by atomic mass is 9.97. The molecule has 0 aromatic heterocycles. The van der Waals surface area contributed by atoms with Crippen LogP contribution in [0.3, 0.4) is 0 Å². The minimum atomic E-state index is -0.731. The molecule has 0 bridgehead atoms. The lowest BCUT2D eigenvalue weighted by molar-refractivity contribution is -0.138. The van der Waals surface area contributed by atoms with E-state index in [1.165, 1.54) is 0 Å². The summed E-state index contributed by atoms with van der Waals surface area (Å²) in [5.41, 5.74) is 0.134. The highest BCUT2D eigenvalue weighted by Gasteiger charge is 2.31. The number of hydrogen-bond acceptors (Lipinski definition) is 3. The van der Waals surface area contributed by atoms with Crippen molar-refractivity contribution in [1.82, 2.24) is 10.2 Å². The van der Waals surface area contributed by atoms with E-state index in [-0.39, 0.29) is 18.0 Å². The largest absolute Gasteiger partial charge is 0.481 e. The number of carboxylic acids is 1. The molecule has 0 amide bonds. The molecule has 1 saturated heterocycles. The average Bonchev–Trinajstić information content (AvgIpc) is 1.97. The van der Waals surface area contributed by atoms with Crippen LogP contribution >= 0.6 is 0 Å². The number of piperazine rings is 1. The number of aliphatic carboxylic acids is 1. The van der Waals surface area contributed by atoms with Crippen LogP contribution < -0.4 is 5.32 Å². The van der Waals surface area contributed by atoms with Crippen molar-refractivity contribution in [2.24, 2.45) is 0 Å². The van der Waals surface area contributed by atoms with Crippen molar-refractivity contribution in [3.8, 4) is 0 Å². The van der Waals surface area contributed by atoms with Crippen LogP contribution in [0.15, 0.2) is 0 Å². The molecule has 1 heterocycles. The molecule has 0 radical (unpaired) electrons. The van der Waals surface area contributed by atoms with Crippen molar-refractivity contribution in [2.75, 3.05) is 20.1 Å². The topological polar surface area (TPSA) is 52.6 Å². The summed E-state index contributed by atoms with van der Waals surface area (Å²) in [6.45, 7) is 5.95. The minimum Gasteiger partial charge on any atom is -0.481 e. The first-order valence-electron chi connectivity index (χ1n) is 4.58. The maximum atomic E-state index is 10.5. The normalized spacial score (nSPS) is 28.7. The van der Waals surface area contributed by atoms with Gasteiger partial charge in [0.2, 0.25) is 0 Å². The van der Waals surface area contributed by atoms with Gasteiger partial charge in [-0.3, -0.25) is 9.69 Å². The second kappa shape index (κ2) is 3.64. The highest BCUT2D eigenvalue weighted by atomic mass is 16.4. The first-order chi connectivity index (χ1) is 5.92. The van der Waals surface area contributed by atoms with Gasteiger partial charge in [-0.2, -0.15) is 0 Å². The Morgan fingerprint density at radius 3 is 2.77 bits per heavy atom. The van der Waals surface area contributed by atoms with Crippen molar-refractivity contribution >= 4 is 5.97 Å². The third-order valence-electron chi connectivity index (χ3n) is 2.77. The van der Waals surface area contributed by atoms with Crippen LogP contribution in [-0.2, 0) is 4.79 Å². The molecule has 0 aliphatic carbocycles. The van der Waals surface area contributed by atoms with Crippen molar-refractivity contribution in [2.45, 2.75) is 31.8 Å². The Kier molecular flexibility index (Phi) is 2.93. The third kappa shape index (κ3) is 2.67. The second-order valence-corrected chi connectivity index (χ2v) is 4.37. The van der Waals surface area contributed by atoms with Crippen LogP contribution in [0.2, 0.25) is 0 Å².